The number of likely N-dealkylation sites (tertiary alicyclic amines) is 1. The molecule has 3 heterocycles. The molecule has 1 aromatic carbocycles. The maximum absolute atomic E-state index is 12.6. The van der Waals surface area contributed by atoms with Gasteiger partial charge in [0.1, 0.15) is 0 Å². The molecule has 0 radical (unpaired) electrons. The van der Waals surface area contributed by atoms with Crippen molar-refractivity contribution in [1.29, 1.82) is 0 Å². The van der Waals surface area contributed by atoms with Gasteiger partial charge in [-0.1, -0.05) is 30.3 Å². The number of hydrogen-bond donors (Lipinski definition) is 1. The summed E-state index contributed by atoms with van der Waals surface area (Å²) in [7, 11) is 0. The zero-order valence-electron chi connectivity index (χ0n) is 16.3. The van der Waals surface area contributed by atoms with Crippen LogP contribution in [0.25, 0.3) is 0 Å². The predicted molar refractivity (Wildman–Crippen MR) is 106 cm³/mol. The fraction of sp³-hybridized carbons (Fsp3) is 0.476. The molecule has 7 heteroatoms. The molecule has 1 N–H and O–H groups in total. The van der Waals surface area contributed by atoms with Crippen molar-refractivity contribution in [3.8, 4) is 0 Å². The van der Waals surface area contributed by atoms with Gasteiger partial charge >= 0.3 is 0 Å². The first kappa shape index (κ1) is 18.7. The van der Waals surface area contributed by atoms with Gasteiger partial charge in [-0.15, -0.1) is 0 Å². The Bertz CT molecular complexity index is 848. The highest BCUT2D eigenvalue weighted by Gasteiger charge is 2.30. The molecule has 2 aromatic rings. The lowest BCUT2D eigenvalue weighted by atomic mass is 10.2. The van der Waals surface area contributed by atoms with E-state index in [1.54, 1.807) is 4.90 Å². The Morgan fingerprint density at radius 1 is 1.25 bits per heavy atom. The third-order valence-electron chi connectivity index (χ3n) is 5.51. The van der Waals surface area contributed by atoms with Gasteiger partial charge in [-0.25, -0.2) is 0 Å². The standard InChI is InChI=1S/C21H27N5O2/c1-2-25-14-17(11-20(25)27)22-21(28)19-12-18-15-24(9-6-10-26(18)23-19)13-16-7-4-3-5-8-16/h3-5,7-8,12,17H,2,6,9-11,13-15H2,1H3,(H,22,28). The van der Waals surface area contributed by atoms with E-state index < -0.39 is 0 Å². The summed E-state index contributed by atoms with van der Waals surface area (Å²) in [5.74, 6) is -0.0871. The van der Waals surface area contributed by atoms with Crippen LogP contribution in [0.1, 0.15) is 41.5 Å². The molecule has 2 amide bonds. The van der Waals surface area contributed by atoms with Gasteiger partial charge in [0.25, 0.3) is 5.91 Å². The highest BCUT2D eigenvalue weighted by atomic mass is 16.2. The van der Waals surface area contributed by atoms with E-state index in [0.717, 1.165) is 38.3 Å². The molecular weight excluding hydrogens is 354 g/mol. The Balaban J connectivity index is 1.41. The second-order valence-corrected chi connectivity index (χ2v) is 7.60. The second-order valence-electron chi connectivity index (χ2n) is 7.60. The monoisotopic (exact) mass is 381 g/mol. The van der Waals surface area contributed by atoms with Gasteiger partial charge in [-0.3, -0.25) is 19.2 Å². The van der Waals surface area contributed by atoms with Gasteiger partial charge in [-0.05, 0) is 25.0 Å². The van der Waals surface area contributed by atoms with Gasteiger partial charge in [-0.2, -0.15) is 5.10 Å². The summed E-state index contributed by atoms with van der Waals surface area (Å²) in [5, 5.41) is 7.51. The van der Waals surface area contributed by atoms with Crippen LogP contribution in [0, 0.1) is 0 Å². The molecule has 0 saturated carbocycles. The summed E-state index contributed by atoms with van der Waals surface area (Å²) in [5.41, 5.74) is 2.80. The van der Waals surface area contributed by atoms with Crippen LogP contribution in [0.2, 0.25) is 0 Å². The zero-order valence-corrected chi connectivity index (χ0v) is 16.3. The molecule has 28 heavy (non-hydrogen) atoms. The van der Waals surface area contributed by atoms with Crippen molar-refractivity contribution in [2.75, 3.05) is 19.6 Å². The molecule has 0 aliphatic carbocycles. The summed E-state index contributed by atoms with van der Waals surface area (Å²) in [6, 6.07) is 12.2. The van der Waals surface area contributed by atoms with Gasteiger partial charge in [0.2, 0.25) is 5.91 Å². The molecule has 1 atom stereocenters. The normalized spacial score (nSPS) is 20.1. The fourth-order valence-corrected chi connectivity index (χ4v) is 4.05. The van der Waals surface area contributed by atoms with E-state index in [2.05, 4.69) is 39.6 Å². The Morgan fingerprint density at radius 2 is 2.07 bits per heavy atom. The number of hydrogen-bond acceptors (Lipinski definition) is 4. The molecule has 7 nitrogen and oxygen atoms in total. The van der Waals surface area contributed by atoms with Crippen molar-refractivity contribution in [2.45, 2.75) is 45.4 Å². The van der Waals surface area contributed by atoms with E-state index in [0.29, 0.717) is 25.2 Å². The first-order valence-corrected chi connectivity index (χ1v) is 10.0. The quantitative estimate of drug-likeness (QED) is 0.855. The molecule has 1 saturated heterocycles. The van der Waals surface area contributed by atoms with Crippen molar-refractivity contribution >= 4 is 11.8 Å². The smallest absolute Gasteiger partial charge is 0.272 e. The van der Waals surface area contributed by atoms with Crippen molar-refractivity contribution in [2.24, 2.45) is 0 Å². The van der Waals surface area contributed by atoms with Gasteiger partial charge in [0, 0.05) is 45.7 Å². The van der Waals surface area contributed by atoms with Gasteiger partial charge in [0.05, 0.1) is 11.7 Å². The highest BCUT2D eigenvalue weighted by molar-refractivity contribution is 5.93. The van der Waals surface area contributed by atoms with Crippen LogP contribution in [-0.2, 0) is 24.4 Å². The summed E-state index contributed by atoms with van der Waals surface area (Å²) in [4.78, 5) is 28.7. The lowest BCUT2D eigenvalue weighted by molar-refractivity contribution is -0.127. The molecule has 1 unspecified atom stereocenters. The summed E-state index contributed by atoms with van der Waals surface area (Å²) in [6.45, 7) is 6.72. The molecule has 0 bridgehead atoms. The summed E-state index contributed by atoms with van der Waals surface area (Å²) >= 11 is 0. The van der Waals surface area contributed by atoms with Crippen LogP contribution in [0.15, 0.2) is 36.4 Å². The topological polar surface area (TPSA) is 70.5 Å². The van der Waals surface area contributed by atoms with E-state index in [4.69, 9.17) is 0 Å². The van der Waals surface area contributed by atoms with Crippen molar-refractivity contribution in [1.82, 2.24) is 24.9 Å². The van der Waals surface area contributed by atoms with Crippen LogP contribution in [0.5, 0.6) is 0 Å². The SMILES string of the molecule is CCN1CC(NC(=O)c2cc3n(n2)CCCN(Cc2ccccc2)C3)CC1=O. The van der Waals surface area contributed by atoms with E-state index in [1.807, 2.05) is 23.7 Å². The number of fused-ring (bicyclic) bond motifs is 1. The minimum Gasteiger partial charge on any atom is -0.346 e. The maximum atomic E-state index is 12.6. The molecule has 4 rings (SSSR count). The Hall–Kier alpha value is -2.67. The number of amides is 2. The van der Waals surface area contributed by atoms with E-state index >= 15 is 0 Å². The van der Waals surface area contributed by atoms with E-state index in [-0.39, 0.29) is 17.9 Å². The first-order valence-electron chi connectivity index (χ1n) is 10.0. The lowest BCUT2D eigenvalue weighted by Gasteiger charge is -2.19. The van der Waals surface area contributed by atoms with Crippen molar-refractivity contribution in [3.63, 3.8) is 0 Å². The molecule has 1 aromatic heterocycles. The number of aromatic nitrogens is 2. The van der Waals surface area contributed by atoms with Gasteiger partial charge in [0.15, 0.2) is 5.69 Å². The van der Waals surface area contributed by atoms with Gasteiger partial charge < -0.3 is 10.2 Å². The van der Waals surface area contributed by atoms with E-state index in [1.165, 1.54) is 5.56 Å². The predicted octanol–water partition coefficient (Wildman–Crippen LogP) is 1.64. The van der Waals surface area contributed by atoms with Crippen LogP contribution in [-0.4, -0.2) is 57.1 Å². The molecule has 2 aliphatic rings. The number of benzene rings is 1. The number of carbonyl (C=O) groups is 2. The maximum Gasteiger partial charge on any atom is 0.272 e. The number of likely N-dealkylation sites (N-methyl/N-ethyl adjacent to an activating group) is 1. The first-order chi connectivity index (χ1) is 13.6. The van der Waals surface area contributed by atoms with E-state index in [9.17, 15) is 9.59 Å². The van der Waals surface area contributed by atoms with Crippen LogP contribution in [0.3, 0.4) is 0 Å². The Labute approximate surface area is 165 Å². The average Bonchev–Trinajstić information content (AvgIpc) is 3.20. The number of aryl methyl sites for hydroxylation is 1. The number of nitrogens with zero attached hydrogens (tertiary/aromatic N) is 4. The minimum absolute atomic E-state index is 0.102. The lowest BCUT2D eigenvalue weighted by Crippen LogP contribution is -2.37. The highest BCUT2D eigenvalue weighted by Crippen LogP contribution is 2.17. The third kappa shape index (κ3) is 4.09. The summed E-state index contributed by atoms with van der Waals surface area (Å²) in [6.07, 6.45) is 1.38. The minimum atomic E-state index is -0.189. The summed E-state index contributed by atoms with van der Waals surface area (Å²) < 4.78 is 1.96. The average molecular weight is 381 g/mol. The number of nitrogens with one attached hydrogen (secondary N) is 1. The molecule has 1 fully saturated rings. The Morgan fingerprint density at radius 3 is 2.82 bits per heavy atom. The number of carbonyl (C=O) groups excluding carboxylic acids is 2. The van der Waals surface area contributed by atoms with Crippen molar-refractivity contribution < 1.29 is 9.59 Å². The molecular formula is C21H27N5O2. The van der Waals surface area contributed by atoms with Crippen LogP contribution in [0.4, 0.5) is 0 Å². The fourth-order valence-electron chi connectivity index (χ4n) is 4.05. The van der Waals surface area contributed by atoms with Crippen LogP contribution >= 0.6 is 0 Å². The molecule has 2 aliphatic heterocycles. The largest absolute Gasteiger partial charge is 0.346 e. The van der Waals surface area contributed by atoms with Crippen molar-refractivity contribution in [3.05, 3.63) is 53.3 Å². The second kappa shape index (κ2) is 8.14. The molecule has 148 valence electrons. The van der Waals surface area contributed by atoms with Crippen LogP contribution < -0.4 is 5.32 Å². The molecule has 0 spiro atoms. The Kier molecular flexibility index (Phi) is 5.43. The number of rotatable bonds is 5. The zero-order chi connectivity index (χ0) is 19.5. The third-order valence-corrected chi connectivity index (χ3v) is 5.51.